The molecule has 16 heavy (non-hydrogen) atoms. The summed E-state index contributed by atoms with van der Waals surface area (Å²) in [6.45, 7) is 11.4. The lowest BCUT2D eigenvalue weighted by Gasteiger charge is -2.05. The maximum Gasteiger partial charge on any atom is 0.129 e. The van der Waals surface area contributed by atoms with E-state index in [4.69, 9.17) is 0 Å². The SMILES string of the molecule is CCCC/C=C(\C#C[Si](C)(C)C)CCCC. The zero-order valence-electron chi connectivity index (χ0n) is 11.8. The quantitative estimate of drug-likeness (QED) is 0.339. The summed E-state index contributed by atoms with van der Waals surface area (Å²) in [7, 11) is -1.21. The largest absolute Gasteiger partial charge is 0.129 e. The molecule has 0 spiro atoms. The summed E-state index contributed by atoms with van der Waals surface area (Å²) in [5.74, 6) is 3.43. The predicted octanol–water partition coefficient (Wildman–Crippen LogP) is 5.17. The molecule has 0 aromatic carbocycles. The standard InChI is InChI=1S/C15H28Si/c1-6-8-10-12-15(11-9-7-2)13-14-16(3,4)5/h12H,6-11H2,1-5H3/b15-12-. The molecule has 0 aliphatic rings. The summed E-state index contributed by atoms with van der Waals surface area (Å²) < 4.78 is 0. The molecule has 0 aromatic rings. The molecule has 0 rings (SSSR count). The highest BCUT2D eigenvalue weighted by atomic mass is 28.3. The molecule has 0 amide bonds. The third kappa shape index (κ3) is 10.0. The van der Waals surface area contributed by atoms with Gasteiger partial charge in [-0.15, -0.1) is 5.54 Å². The Kier molecular flexibility index (Phi) is 8.38. The summed E-state index contributed by atoms with van der Waals surface area (Å²) in [4.78, 5) is 0. The van der Waals surface area contributed by atoms with Crippen LogP contribution in [0, 0.1) is 11.5 Å². The van der Waals surface area contributed by atoms with Crippen LogP contribution in [0.5, 0.6) is 0 Å². The van der Waals surface area contributed by atoms with Crippen molar-refractivity contribution in [3.05, 3.63) is 11.6 Å². The summed E-state index contributed by atoms with van der Waals surface area (Å²) in [5.41, 5.74) is 4.87. The van der Waals surface area contributed by atoms with Crippen LogP contribution in [0.1, 0.15) is 52.4 Å². The van der Waals surface area contributed by atoms with E-state index in [-0.39, 0.29) is 0 Å². The average Bonchev–Trinajstić information content (AvgIpc) is 2.20. The van der Waals surface area contributed by atoms with E-state index in [0.29, 0.717) is 0 Å². The molecule has 0 nitrogen and oxygen atoms in total. The third-order valence-electron chi connectivity index (χ3n) is 2.35. The van der Waals surface area contributed by atoms with Crippen LogP contribution in [0.3, 0.4) is 0 Å². The topological polar surface area (TPSA) is 0 Å². The lowest BCUT2D eigenvalue weighted by atomic mass is 10.1. The Balaban J connectivity index is 4.40. The van der Waals surface area contributed by atoms with Crippen LogP contribution in [0.15, 0.2) is 11.6 Å². The molecule has 92 valence electrons. The zero-order valence-corrected chi connectivity index (χ0v) is 12.8. The number of unbranched alkanes of at least 4 members (excludes halogenated alkanes) is 3. The van der Waals surface area contributed by atoms with E-state index in [1.165, 1.54) is 44.1 Å². The molecule has 0 aliphatic heterocycles. The van der Waals surface area contributed by atoms with Gasteiger partial charge in [0.15, 0.2) is 0 Å². The highest BCUT2D eigenvalue weighted by Gasteiger charge is 2.07. The van der Waals surface area contributed by atoms with Crippen LogP contribution < -0.4 is 0 Å². The number of hydrogen-bond donors (Lipinski definition) is 0. The highest BCUT2D eigenvalue weighted by Crippen LogP contribution is 2.10. The van der Waals surface area contributed by atoms with Gasteiger partial charge in [-0.05, 0) is 24.8 Å². The van der Waals surface area contributed by atoms with Gasteiger partial charge in [0.05, 0.1) is 0 Å². The van der Waals surface area contributed by atoms with Gasteiger partial charge in [-0.2, -0.15) is 0 Å². The smallest absolute Gasteiger partial charge is 0.127 e. The molecule has 1 heteroatoms. The molecule has 0 bridgehead atoms. The van der Waals surface area contributed by atoms with Crippen LogP contribution in [0.4, 0.5) is 0 Å². The van der Waals surface area contributed by atoms with E-state index in [0.717, 1.165) is 0 Å². The average molecular weight is 236 g/mol. The Labute approximate surface area is 104 Å². The Morgan fingerprint density at radius 3 is 2.19 bits per heavy atom. The van der Waals surface area contributed by atoms with Gasteiger partial charge in [0.25, 0.3) is 0 Å². The van der Waals surface area contributed by atoms with E-state index in [9.17, 15) is 0 Å². The van der Waals surface area contributed by atoms with Gasteiger partial charge in [0, 0.05) is 0 Å². The Bertz CT molecular complexity index is 257. The van der Waals surface area contributed by atoms with Crippen molar-refractivity contribution in [3.63, 3.8) is 0 Å². The zero-order chi connectivity index (χ0) is 12.4. The summed E-state index contributed by atoms with van der Waals surface area (Å²) in [6, 6.07) is 0. The first-order valence-electron chi connectivity index (χ1n) is 6.71. The molecule has 0 fully saturated rings. The molecular weight excluding hydrogens is 208 g/mol. The number of rotatable bonds is 6. The minimum atomic E-state index is -1.21. The second kappa shape index (κ2) is 8.64. The van der Waals surface area contributed by atoms with Gasteiger partial charge in [0.1, 0.15) is 8.07 Å². The third-order valence-corrected chi connectivity index (χ3v) is 3.22. The molecule has 0 radical (unpaired) electrons. The van der Waals surface area contributed by atoms with Crippen molar-refractivity contribution in [2.75, 3.05) is 0 Å². The monoisotopic (exact) mass is 236 g/mol. The fourth-order valence-electron chi connectivity index (χ4n) is 1.33. The fraction of sp³-hybridized carbons (Fsp3) is 0.733. The molecule has 0 unspecified atom stereocenters. The van der Waals surface area contributed by atoms with Crippen molar-refractivity contribution in [1.29, 1.82) is 0 Å². The fourth-order valence-corrected chi connectivity index (χ4v) is 1.87. The molecule has 0 aromatic heterocycles. The molecule has 0 atom stereocenters. The summed E-state index contributed by atoms with van der Waals surface area (Å²) in [6.07, 6.45) is 9.86. The normalized spacial score (nSPS) is 12.2. The van der Waals surface area contributed by atoms with Crippen LogP contribution in [-0.2, 0) is 0 Å². The van der Waals surface area contributed by atoms with E-state index >= 15 is 0 Å². The van der Waals surface area contributed by atoms with E-state index in [2.05, 4.69) is 51.0 Å². The molecule has 0 aliphatic carbocycles. The first kappa shape index (κ1) is 15.5. The lowest BCUT2D eigenvalue weighted by molar-refractivity contribution is 0.781. The van der Waals surface area contributed by atoms with Crippen molar-refractivity contribution >= 4 is 8.07 Å². The van der Waals surface area contributed by atoms with Crippen molar-refractivity contribution in [2.45, 2.75) is 72.0 Å². The van der Waals surface area contributed by atoms with Gasteiger partial charge in [-0.1, -0.05) is 64.7 Å². The van der Waals surface area contributed by atoms with Crippen molar-refractivity contribution in [1.82, 2.24) is 0 Å². The van der Waals surface area contributed by atoms with Gasteiger partial charge >= 0.3 is 0 Å². The molecule has 0 saturated heterocycles. The maximum atomic E-state index is 3.48. The van der Waals surface area contributed by atoms with Crippen molar-refractivity contribution in [2.24, 2.45) is 0 Å². The predicted molar refractivity (Wildman–Crippen MR) is 78.3 cm³/mol. The molecular formula is C15H28Si. The van der Waals surface area contributed by atoms with Crippen LogP contribution in [0.25, 0.3) is 0 Å². The second-order valence-corrected chi connectivity index (χ2v) is 10.2. The summed E-state index contributed by atoms with van der Waals surface area (Å²) in [5, 5.41) is 0. The summed E-state index contributed by atoms with van der Waals surface area (Å²) >= 11 is 0. The Morgan fingerprint density at radius 1 is 1.06 bits per heavy atom. The minimum absolute atomic E-state index is 1.18. The van der Waals surface area contributed by atoms with Crippen molar-refractivity contribution in [3.8, 4) is 11.5 Å². The van der Waals surface area contributed by atoms with Crippen molar-refractivity contribution < 1.29 is 0 Å². The Morgan fingerprint density at radius 2 is 1.69 bits per heavy atom. The first-order chi connectivity index (χ1) is 7.49. The lowest BCUT2D eigenvalue weighted by Crippen LogP contribution is -2.16. The minimum Gasteiger partial charge on any atom is -0.127 e. The highest BCUT2D eigenvalue weighted by molar-refractivity contribution is 6.83. The van der Waals surface area contributed by atoms with Crippen LogP contribution in [-0.4, -0.2) is 8.07 Å². The van der Waals surface area contributed by atoms with E-state index in [1.54, 1.807) is 0 Å². The number of hydrogen-bond acceptors (Lipinski definition) is 0. The second-order valence-electron chi connectivity index (χ2n) is 5.48. The number of allylic oxidation sites excluding steroid dienone is 2. The van der Waals surface area contributed by atoms with E-state index < -0.39 is 8.07 Å². The van der Waals surface area contributed by atoms with Gasteiger partial charge in [0.2, 0.25) is 0 Å². The van der Waals surface area contributed by atoms with Gasteiger partial charge < -0.3 is 0 Å². The first-order valence-corrected chi connectivity index (χ1v) is 10.2. The molecule has 0 heterocycles. The Hall–Kier alpha value is -0.483. The van der Waals surface area contributed by atoms with Crippen LogP contribution in [0.2, 0.25) is 19.6 Å². The molecule has 0 N–H and O–H groups in total. The van der Waals surface area contributed by atoms with Gasteiger partial charge in [-0.25, -0.2) is 0 Å². The van der Waals surface area contributed by atoms with Crippen LogP contribution >= 0.6 is 0 Å². The van der Waals surface area contributed by atoms with Gasteiger partial charge in [-0.3, -0.25) is 0 Å². The molecule has 0 saturated carbocycles. The van der Waals surface area contributed by atoms with E-state index in [1.807, 2.05) is 0 Å². The maximum absolute atomic E-state index is 3.48.